The van der Waals surface area contributed by atoms with E-state index in [1.807, 2.05) is 0 Å². The molecule has 0 saturated carbocycles. The Kier molecular flexibility index (Phi) is 5.77. The molecular weight excluding hydrogens is 355 g/mol. The van der Waals surface area contributed by atoms with Crippen LogP contribution < -0.4 is 0 Å². The summed E-state index contributed by atoms with van der Waals surface area (Å²) in [5.74, 6) is -1.12. The van der Waals surface area contributed by atoms with Crippen LogP contribution in [0.15, 0.2) is 22.7 Å². The Bertz CT molecular complexity index is 546. The topological polar surface area (TPSA) is 46.6 Å². The summed E-state index contributed by atoms with van der Waals surface area (Å²) in [5.41, 5.74) is -1.02. The second kappa shape index (κ2) is 6.93. The molecule has 0 aliphatic heterocycles. The van der Waals surface area contributed by atoms with Gasteiger partial charge in [-0.1, -0.05) is 0 Å². The fourth-order valence-corrected chi connectivity index (χ4v) is 1.95. The Hall–Kier alpha value is -1.57. The van der Waals surface area contributed by atoms with Gasteiger partial charge in [-0.25, -0.2) is 0 Å². The third-order valence-electron chi connectivity index (χ3n) is 2.75. The molecule has 0 spiro atoms. The molecule has 4 nitrogen and oxygen atoms in total. The Morgan fingerprint density at radius 3 is 2.48 bits per heavy atom. The van der Waals surface area contributed by atoms with Crippen molar-refractivity contribution in [3.05, 3.63) is 33.8 Å². The third-order valence-corrected chi connectivity index (χ3v) is 3.44. The highest BCUT2D eigenvalue weighted by Crippen LogP contribution is 2.32. The first-order valence-corrected chi connectivity index (χ1v) is 6.65. The summed E-state index contributed by atoms with van der Waals surface area (Å²) >= 11 is 3.05. The number of rotatable bonds is 4. The summed E-state index contributed by atoms with van der Waals surface area (Å²) in [6.07, 6.45) is -4.56. The predicted molar refractivity (Wildman–Crippen MR) is 72.7 cm³/mol. The quantitative estimate of drug-likeness (QED) is 0.768. The molecule has 0 fully saturated rings. The van der Waals surface area contributed by atoms with Crippen LogP contribution in [0.4, 0.5) is 13.2 Å². The number of ether oxygens (including phenoxy) is 1. The van der Waals surface area contributed by atoms with Crippen molar-refractivity contribution in [2.45, 2.75) is 12.6 Å². The van der Waals surface area contributed by atoms with Crippen molar-refractivity contribution in [1.82, 2.24) is 4.90 Å². The summed E-state index contributed by atoms with van der Waals surface area (Å²) in [6, 6.07) is 2.83. The van der Waals surface area contributed by atoms with E-state index < -0.39 is 23.6 Å². The zero-order chi connectivity index (χ0) is 16.2. The van der Waals surface area contributed by atoms with Crippen molar-refractivity contribution >= 4 is 27.8 Å². The molecule has 0 aliphatic carbocycles. The fourth-order valence-electron chi connectivity index (χ4n) is 1.53. The molecule has 0 radical (unpaired) electrons. The van der Waals surface area contributed by atoms with Crippen LogP contribution in [0.1, 0.15) is 22.3 Å². The van der Waals surface area contributed by atoms with Crippen LogP contribution in [0.25, 0.3) is 0 Å². The first kappa shape index (κ1) is 17.5. The van der Waals surface area contributed by atoms with E-state index in [1.165, 1.54) is 20.2 Å². The minimum Gasteiger partial charge on any atom is -0.469 e. The van der Waals surface area contributed by atoms with Crippen molar-refractivity contribution in [1.29, 1.82) is 0 Å². The molecule has 1 aromatic rings. The van der Waals surface area contributed by atoms with Crippen LogP contribution in [0.2, 0.25) is 0 Å². The molecule has 1 aromatic carbocycles. The molecule has 0 heterocycles. The molecule has 21 heavy (non-hydrogen) atoms. The number of esters is 1. The predicted octanol–water partition coefficient (Wildman–Crippen LogP) is 3.10. The van der Waals surface area contributed by atoms with Gasteiger partial charge in [-0.05, 0) is 34.1 Å². The van der Waals surface area contributed by atoms with E-state index in [1.54, 1.807) is 0 Å². The molecule has 0 N–H and O–H groups in total. The third kappa shape index (κ3) is 4.73. The zero-order valence-electron chi connectivity index (χ0n) is 11.3. The molecule has 8 heteroatoms. The van der Waals surface area contributed by atoms with Crippen LogP contribution in [0, 0.1) is 0 Å². The molecule has 0 aliphatic rings. The normalized spacial score (nSPS) is 11.1. The minimum absolute atomic E-state index is 0.0324. The van der Waals surface area contributed by atoms with E-state index in [2.05, 4.69) is 20.7 Å². The number of hydrogen-bond donors (Lipinski definition) is 0. The summed E-state index contributed by atoms with van der Waals surface area (Å²) in [6.45, 7) is 0.0498. The Labute approximate surface area is 128 Å². The van der Waals surface area contributed by atoms with Gasteiger partial charge < -0.3 is 9.64 Å². The summed E-state index contributed by atoms with van der Waals surface area (Å²) in [7, 11) is 2.62. The molecule has 0 atom stereocenters. The van der Waals surface area contributed by atoms with Gasteiger partial charge in [0.05, 0.1) is 24.7 Å². The summed E-state index contributed by atoms with van der Waals surface area (Å²) in [4.78, 5) is 24.3. The number of carbonyl (C=O) groups is 2. The van der Waals surface area contributed by atoms with Crippen molar-refractivity contribution in [2.24, 2.45) is 0 Å². The first-order valence-electron chi connectivity index (χ1n) is 5.86. The van der Waals surface area contributed by atoms with E-state index in [9.17, 15) is 22.8 Å². The highest BCUT2D eigenvalue weighted by Gasteiger charge is 2.32. The number of carbonyl (C=O) groups excluding carboxylic acids is 2. The molecule has 0 bridgehead atoms. The lowest BCUT2D eigenvalue weighted by molar-refractivity contribution is -0.140. The van der Waals surface area contributed by atoms with Crippen molar-refractivity contribution in [3.8, 4) is 0 Å². The largest absolute Gasteiger partial charge is 0.469 e. The second-order valence-electron chi connectivity index (χ2n) is 4.25. The molecule has 0 unspecified atom stereocenters. The highest BCUT2D eigenvalue weighted by atomic mass is 79.9. The average molecular weight is 368 g/mol. The lowest BCUT2D eigenvalue weighted by Gasteiger charge is -2.18. The van der Waals surface area contributed by atoms with E-state index in [0.29, 0.717) is 0 Å². The number of methoxy groups -OCH3 is 1. The highest BCUT2D eigenvalue weighted by molar-refractivity contribution is 9.10. The fraction of sp³-hybridized carbons (Fsp3) is 0.385. The van der Waals surface area contributed by atoms with Crippen LogP contribution >= 0.6 is 15.9 Å². The summed E-state index contributed by atoms with van der Waals surface area (Å²) < 4.78 is 42.7. The number of hydrogen-bond acceptors (Lipinski definition) is 3. The number of benzene rings is 1. The monoisotopic (exact) mass is 367 g/mol. The second-order valence-corrected chi connectivity index (χ2v) is 5.10. The van der Waals surface area contributed by atoms with Gasteiger partial charge in [-0.3, -0.25) is 9.59 Å². The standard InChI is InChI=1S/C13H13BrF3NO3/c1-18(6-5-11(19)21-2)12(20)9-7-8(13(15,16)17)3-4-10(9)14/h3-4,7H,5-6H2,1-2H3. The summed E-state index contributed by atoms with van der Waals surface area (Å²) in [5, 5.41) is 0. The first-order chi connectivity index (χ1) is 9.66. The van der Waals surface area contributed by atoms with Crippen molar-refractivity contribution in [3.63, 3.8) is 0 Å². The molecule has 0 aromatic heterocycles. The Morgan fingerprint density at radius 2 is 1.95 bits per heavy atom. The van der Waals surface area contributed by atoms with Crippen molar-refractivity contribution in [2.75, 3.05) is 20.7 Å². The van der Waals surface area contributed by atoms with E-state index in [0.717, 1.165) is 17.0 Å². The smallest absolute Gasteiger partial charge is 0.416 e. The average Bonchev–Trinajstić information content (AvgIpc) is 2.42. The van der Waals surface area contributed by atoms with Crippen molar-refractivity contribution < 1.29 is 27.5 Å². The molecule has 1 rings (SSSR count). The molecule has 1 amide bonds. The molecular formula is C13H13BrF3NO3. The van der Waals surface area contributed by atoms with Gasteiger partial charge in [0.15, 0.2) is 0 Å². The van der Waals surface area contributed by atoms with E-state index >= 15 is 0 Å². The van der Waals surface area contributed by atoms with Crippen LogP contribution in [-0.4, -0.2) is 37.5 Å². The Morgan fingerprint density at radius 1 is 1.33 bits per heavy atom. The number of alkyl halides is 3. The van der Waals surface area contributed by atoms with Crippen LogP contribution in [-0.2, 0) is 15.7 Å². The number of nitrogens with zero attached hydrogens (tertiary/aromatic N) is 1. The SMILES string of the molecule is COC(=O)CCN(C)C(=O)c1cc(C(F)(F)F)ccc1Br. The van der Waals surface area contributed by atoms with Gasteiger partial charge in [0, 0.05) is 18.1 Å². The number of amides is 1. The lowest BCUT2D eigenvalue weighted by atomic mass is 10.1. The Balaban J connectivity index is 2.93. The van der Waals surface area contributed by atoms with Crippen LogP contribution in [0.3, 0.4) is 0 Å². The van der Waals surface area contributed by atoms with Gasteiger partial charge >= 0.3 is 12.1 Å². The van der Waals surface area contributed by atoms with Gasteiger partial charge in [0.1, 0.15) is 0 Å². The van der Waals surface area contributed by atoms with Gasteiger partial charge in [-0.15, -0.1) is 0 Å². The maximum absolute atomic E-state index is 12.7. The lowest BCUT2D eigenvalue weighted by Crippen LogP contribution is -2.29. The van der Waals surface area contributed by atoms with Crippen LogP contribution in [0.5, 0.6) is 0 Å². The molecule has 0 saturated heterocycles. The molecule has 116 valence electrons. The van der Waals surface area contributed by atoms with E-state index in [-0.39, 0.29) is 23.0 Å². The zero-order valence-corrected chi connectivity index (χ0v) is 12.9. The number of halogens is 4. The minimum atomic E-state index is -4.53. The van der Waals surface area contributed by atoms with Gasteiger partial charge in [0.2, 0.25) is 0 Å². The van der Waals surface area contributed by atoms with Gasteiger partial charge in [0.25, 0.3) is 5.91 Å². The maximum atomic E-state index is 12.7. The van der Waals surface area contributed by atoms with E-state index in [4.69, 9.17) is 0 Å². The maximum Gasteiger partial charge on any atom is 0.416 e. The van der Waals surface area contributed by atoms with Gasteiger partial charge in [-0.2, -0.15) is 13.2 Å².